The lowest BCUT2D eigenvalue weighted by Gasteiger charge is -2.55. The first-order valence-corrected chi connectivity index (χ1v) is 12.5. The highest BCUT2D eigenvalue weighted by Crippen LogP contribution is 2.61. The second kappa shape index (κ2) is 8.91. The summed E-state index contributed by atoms with van der Waals surface area (Å²) in [6.45, 7) is 2.09. The van der Waals surface area contributed by atoms with Crippen molar-refractivity contribution in [2.75, 3.05) is 27.3 Å². The van der Waals surface area contributed by atoms with Crippen molar-refractivity contribution in [2.24, 2.45) is 28.2 Å². The second-order valence-electron chi connectivity index (χ2n) is 10.4. The maximum Gasteiger partial charge on any atom is 0.363 e. The Hall–Kier alpha value is -2.54. The van der Waals surface area contributed by atoms with Gasteiger partial charge >= 0.3 is 5.97 Å². The lowest BCUT2D eigenvalue weighted by atomic mass is 9.49. The van der Waals surface area contributed by atoms with Gasteiger partial charge in [0.1, 0.15) is 0 Å². The predicted molar refractivity (Wildman–Crippen MR) is 129 cm³/mol. The third-order valence-electron chi connectivity index (χ3n) is 7.59. The summed E-state index contributed by atoms with van der Waals surface area (Å²) in [5, 5.41) is 0.293. The van der Waals surface area contributed by atoms with Crippen molar-refractivity contribution < 1.29 is 23.8 Å². The van der Waals surface area contributed by atoms with E-state index in [-0.39, 0.29) is 23.6 Å². The largest absolute Gasteiger partial charge is 0.490 e. The highest BCUT2D eigenvalue weighted by molar-refractivity contribution is 6.32. The third kappa shape index (κ3) is 4.30. The van der Waals surface area contributed by atoms with Gasteiger partial charge in [-0.25, -0.2) is 9.79 Å². The van der Waals surface area contributed by atoms with Crippen LogP contribution in [-0.2, 0) is 14.3 Å². The van der Waals surface area contributed by atoms with Crippen LogP contribution in [0.1, 0.15) is 51.0 Å². The molecule has 4 aliphatic carbocycles. The molecule has 8 heteroatoms. The van der Waals surface area contributed by atoms with E-state index < -0.39 is 5.97 Å². The van der Waals surface area contributed by atoms with Crippen LogP contribution in [0.3, 0.4) is 0 Å². The number of likely N-dealkylation sites (N-methyl/N-ethyl adjacent to an activating group) is 1. The molecule has 0 atom stereocenters. The van der Waals surface area contributed by atoms with Crippen molar-refractivity contribution >= 4 is 35.5 Å². The molecule has 0 spiro atoms. The fourth-order valence-corrected chi connectivity index (χ4v) is 6.78. The van der Waals surface area contributed by atoms with E-state index in [1.807, 2.05) is 6.92 Å². The zero-order valence-corrected chi connectivity index (χ0v) is 20.7. The molecule has 34 heavy (non-hydrogen) atoms. The number of cyclic esters (lactones) is 1. The normalized spacial score (nSPS) is 30.4. The number of carbonyl (C=O) groups excluding carboxylic acids is 2. The second-order valence-corrected chi connectivity index (χ2v) is 10.8. The fourth-order valence-electron chi connectivity index (χ4n) is 6.50. The highest BCUT2D eigenvalue weighted by Gasteiger charge is 2.55. The minimum absolute atomic E-state index is 0.0786. The minimum Gasteiger partial charge on any atom is -0.490 e. The zero-order valence-electron chi connectivity index (χ0n) is 19.9. The summed E-state index contributed by atoms with van der Waals surface area (Å²) in [5.41, 5.74) is 0.855. The molecule has 4 fully saturated rings. The molecule has 7 nitrogen and oxygen atoms in total. The van der Waals surface area contributed by atoms with Gasteiger partial charge in [-0.3, -0.25) is 4.79 Å². The van der Waals surface area contributed by atoms with Crippen LogP contribution in [0.5, 0.6) is 11.5 Å². The first-order chi connectivity index (χ1) is 16.3. The maximum absolute atomic E-state index is 12.7. The average molecular weight is 487 g/mol. The van der Waals surface area contributed by atoms with Gasteiger partial charge in [-0.2, -0.15) is 0 Å². The Morgan fingerprint density at radius 1 is 1.18 bits per heavy atom. The van der Waals surface area contributed by atoms with E-state index in [4.69, 9.17) is 30.8 Å². The number of nitrogens with zero attached hydrogens (tertiary/aromatic N) is 2. The number of halogens is 1. The Balaban J connectivity index is 1.41. The minimum atomic E-state index is -0.420. The summed E-state index contributed by atoms with van der Waals surface area (Å²) in [4.78, 5) is 30.8. The number of hydrogen-bond donors (Lipinski definition) is 0. The van der Waals surface area contributed by atoms with E-state index in [0.29, 0.717) is 34.6 Å². The number of ether oxygens (including phenoxy) is 3. The molecule has 182 valence electrons. The van der Waals surface area contributed by atoms with Crippen molar-refractivity contribution in [1.29, 1.82) is 0 Å². The average Bonchev–Trinajstić information content (AvgIpc) is 3.13. The Morgan fingerprint density at radius 2 is 1.82 bits per heavy atom. The monoisotopic (exact) mass is 486 g/mol. The van der Waals surface area contributed by atoms with Gasteiger partial charge in [0.2, 0.25) is 5.90 Å². The molecule has 1 amide bonds. The standard InChI is InChI=1S/C26H31ClN2O5/c1-4-32-21-10-15(8-19(27)23(21)33-14-22(30)29(2)3)9-20-24(31)34-25(28-20)26-11-16-5-17(12-26)7-18(6-16)13-26/h8-10,16-18H,4-7,11-14H2,1-3H3. The van der Waals surface area contributed by atoms with Gasteiger partial charge < -0.3 is 19.1 Å². The van der Waals surface area contributed by atoms with Crippen LogP contribution in [0.4, 0.5) is 0 Å². The Bertz CT molecular complexity index is 1040. The molecule has 4 saturated carbocycles. The fraction of sp³-hybridized carbons (Fsp3) is 0.577. The quantitative estimate of drug-likeness (QED) is 0.411. The third-order valence-corrected chi connectivity index (χ3v) is 7.87. The molecular weight excluding hydrogens is 456 g/mol. The Labute approximate surface area is 205 Å². The van der Waals surface area contributed by atoms with Crippen LogP contribution in [-0.4, -0.2) is 50.0 Å². The summed E-state index contributed by atoms with van der Waals surface area (Å²) < 4.78 is 17.1. The molecule has 0 unspecified atom stereocenters. The lowest BCUT2D eigenvalue weighted by molar-refractivity contribution is -0.132. The molecule has 5 aliphatic rings. The summed E-state index contributed by atoms with van der Waals surface area (Å²) in [5.74, 6) is 2.92. The van der Waals surface area contributed by atoms with Crippen LogP contribution >= 0.6 is 11.6 Å². The van der Waals surface area contributed by atoms with Crippen LogP contribution in [0.25, 0.3) is 6.08 Å². The molecular formula is C26H31ClN2O5. The number of benzene rings is 1. The van der Waals surface area contributed by atoms with Gasteiger partial charge in [0.05, 0.1) is 11.6 Å². The maximum atomic E-state index is 12.7. The molecule has 0 aromatic heterocycles. The molecule has 1 aromatic carbocycles. The summed E-state index contributed by atoms with van der Waals surface area (Å²) in [7, 11) is 3.32. The van der Waals surface area contributed by atoms with Gasteiger partial charge in [0, 0.05) is 19.5 Å². The van der Waals surface area contributed by atoms with Crippen LogP contribution in [0.2, 0.25) is 5.02 Å². The summed E-state index contributed by atoms with van der Waals surface area (Å²) in [6.07, 6.45) is 8.87. The van der Waals surface area contributed by atoms with Gasteiger partial charge in [0.25, 0.3) is 5.91 Å². The topological polar surface area (TPSA) is 77.4 Å². The number of esters is 1. The number of aliphatic imine (C=N–C) groups is 1. The summed E-state index contributed by atoms with van der Waals surface area (Å²) in [6, 6.07) is 3.42. The van der Waals surface area contributed by atoms with E-state index in [9.17, 15) is 9.59 Å². The molecule has 6 rings (SSSR count). The SMILES string of the molecule is CCOc1cc(C=C2N=C(C34CC5CC(CC(C5)C3)C4)OC2=O)cc(Cl)c1OCC(=O)N(C)C. The molecule has 0 N–H and O–H groups in total. The predicted octanol–water partition coefficient (Wildman–Crippen LogP) is 4.72. The smallest absolute Gasteiger partial charge is 0.363 e. The number of rotatable bonds is 7. The Kier molecular flexibility index (Phi) is 6.09. The van der Waals surface area contributed by atoms with E-state index in [0.717, 1.165) is 37.0 Å². The van der Waals surface area contributed by atoms with E-state index >= 15 is 0 Å². The number of amides is 1. The van der Waals surface area contributed by atoms with Gasteiger partial charge in [0.15, 0.2) is 23.8 Å². The Morgan fingerprint density at radius 3 is 2.41 bits per heavy atom. The van der Waals surface area contributed by atoms with Crippen LogP contribution in [0.15, 0.2) is 22.8 Å². The van der Waals surface area contributed by atoms with Crippen molar-refractivity contribution in [1.82, 2.24) is 4.90 Å². The zero-order chi connectivity index (χ0) is 24.0. The first-order valence-electron chi connectivity index (χ1n) is 12.1. The van der Waals surface area contributed by atoms with Crippen molar-refractivity contribution in [3.8, 4) is 11.5 Å². The molecule has 1 heterocycles. The van der Waals surface area contributed by atoms with Crippen molar-refractivity contribution in [3.05, 3.63) is 28.4 Å². The first kappa shape index (κ1) is 23.2. The number of carbonyl (C=O) groups is 2. The number of hydrogen-bond acceptors (Lipinski definition) is 6. The van der Waals surface area contributed by atoms with Crippen LogP contribution in [0, 0.1) is 23.2 Å². The van der Waals surface area contributed by atoms with Gasteiger partial charge in [-0.1, -0.05) is 11.6 Å². The van der Waals surface area contributed by atoms with Gasteiger partial charge in [-0.05, 0) is 87.0 Å². The van der Waals surface area contributed by atoms with Crippen molar-refractivity contribution in [3.63, 3.8) is 0 Å². The molecule has 1 aromatic rings. The van der Waals surface area contributed by atoms with Crippen LogP contribution < -0.4 is 9.47 Å². The molecule has 0 saturated heterocycles. The molecule has 4 bridgehead atoms. The van der Waals surface area contributed by atoms with E-state index in [1.54, 1.807) is 32.3 Å². The highest BCUT2D eigenvalue weighted by atomic mass is 35.5. The van der Waals surface area contributed by atoms with Gasteiger partial charge in [-0.15, -0.1) is 0 Å². The molecule has 0 radical (unpaired) electrons. The molecule has 1 aliphatic heterocycles. The van der Waals surface area contributed by atoms with Crippen molar-refractivity contribution in [2.45, 2.75) is 45.4 Å². The summed E-state index contributed by atoms with van der Waals surface area (Å²) >= 11 is 6.48. The van der Waals surface area contributed by atoms with E-state index in [2.05, 4.69) is 0 Å². The van der Waals surface area contributed by atoms with E-state index in [1.165, 1.54) is 24.2 Å². The lowest BCUT2D eigenvalue weighted by Crippen LogP contribution is -2.50.